The van der Waals surface area contributed by atoms with Gasteiger partial charge in [-0.2, -0.15) is 9.97 Å². The first-order valence-electron chi connectivity index (χ1n) is 9.06. The van der Waals surface area contributed by atoms with E-state index in [4.69, 9.17) is 0 Å². The smallest absolute Gasteiger partial charge is 0.232 e. The molecule has 0 bridgehead atoms. The molecule has 1 aliphatic heterocycles. The topological polar surface area (TPSA) is 80.1 Å². The molecule has 7 heteroatoms. The van der Waals surface area contributed by atoms with Crippen molar-refractivity contribution >= 4 is 29.3 Å². The molecule has 4 rings (SSSR count). The average Bonchev–Trinajstić information content (AvgIpc) is 3.39. The molecule has 0 unspecified atom stereocenters. The third-order valence-corrected chi connectivity index (χ3v) is 5.16. The first-order chi connectivity index (χ1) is 13.0. The van der Waals surface area contributed by atoms with E-state index in [9.17, 15) is 4.79 Å². The lowest BCUT2D eigenvalue weighted by atomic mass is 10.1. The summed E-state index contributed by atoms with van der Waals surface area (Å²) in [6.07, 6.45) is 4.74. The highest BCUT2D eigenvalue weighted by molar-refractivity contribution is 7.99. The van der Waals surface area contributed by atoms with Gasteiger partial charge in [-0.05, 0) is 67.8 Å². The number of ketones is 1. The van der Waals surface area contributed by atoms with Crippen LogP contribution in [0.15, 0.2) is 51.0 Å². The minimum atomic E-state index is 0.164. The summed E-state index contributed by atoms with van der Waals surface area (Å²) in [6.45, 7) is 4.38. The summed E-state index contributed by atoms with van der Waals surface area (Å²) in [5, 5.41) is 3.89. The van der Waals surface area contributed by atoms with Gasteiger partial charge in [0.15, 0.2) is 5.16 Å². The van der Waals surface area contributed by atoms with Crippen LogP contribution in [0.5, 0.6) is 0 Å². The number of anilines is 1. The Kier molecular flexibility index (Phi) is 5.03. The molecule has 1 aliphatic carbocycles. The Morgan fingerprint density at radius 3 is 2.59 bits per heavy atom. The highest BCUT2D eigenvalue weighted by Gasteiger charge is 2.28. The van der Waals surface area contributed by atoms with Gasteiger partial charge in [0.05, 0.1) is 6.54 Å². The van der Waals surface area contributed by atoms with Crippen molar-refractivity contribution in [3.8, 4) is 0 Å². The second-order valence-electron chi connectivity index (χ2n) is 7.02. The molecular formula is C20H21N5OS. The van der Waals surface area contributed by atoms with Gasteiger partial charge in [0.2, 0.25) is 5.95 Å². The lowest BCUT2D eigenvalue weighted by Crippen LogP contribution is -2.12. The Labute approximate surface area is 162 Å². The monoisotopic (exact) mass is 379 g/mol. The summed E-state index contributed by atoms with van der Waals surface area (Å²) < 4.78 is 0. The molecule has 0 atom stereocenters. The molecule has 6 nitrogen and oxygen atoms in total. The molecule has 27 heavy (non-hydrogen) atoms. The van der Waals surface area contributed by atoms with Gasteiger partial charge in [0.25, 0.3) is 0 Å². The van der Waals surface area contributed by atoms with Crippen LogP contribution in [0.1, 0.15) is 44.0 Å². The fraction of sp³-hybridized carbons (Fsp3) is 0.350. The van der Waals surface area contributed by atoms with E-state index in [1.807, 2.05) is 30.3 Å². The number of rotatable bonds is 6. The van der Waals surface area contributed by atoms with E-state index in [0.29, 0.717) is 23.4 Å². The molecule has 1 N–H and O–H groups in total. The van der Waals surface area contributed by atoms with E-state index in [0.717, 1.165) is 41.5 Å². The minimum absolute atomic E-state index is 0.164. The van der Waals surface area contributed by atoms with Crippen LogP contribution >= 0.6 is 11.8 Å². The number of aromatic nitrogens is 3. The van der Waals surface area contributed by atoms with Crippen LogP contribution < -0.4 is 5.32 Å². The summed E-state index contributed by atoms with van der Waals surface area (Å²) in [4.78, 5) is 30.5. The van der Waals surface area contributed by atoms with Crippen molar-refractivity contribution in [3.63, 3.8) is 0 Å². The van der Waals surface area contributed by atoms with Crippen molar-refractivity contribution in [1.29, 1.82) is 0 Å². The second-order valence-corrected chi connectivity index (χ2v) is 8.06. The first-order valence-corrected chi connectivity index (χ1v) is 9.87. The molecule has 1 aromatic heterocycles. The quantitative estimate of drug-likeness (QED) is 0.822. The summed E-state index contributed by atoms with van der Waals surface area (Å²) in [7, 11) is 0. The summed E-state index contributed by atoms with van der Waals surface area (Å²) in [5.41, 5.74) is 2.24. The number of aliphatic imine (C=N–C) groups is 1. The Morgan fingerprint density at radius 1 is 1.19 bits per heavy atom. The number of amidine groups is 1. The van der Waals surface area contributed by atoms with Crippen LogP contribution in [0.25, 0.3) is 0 Å². The van der Waals surface area contributed by atoms with E-state index in [-0.39, 0.29) is 5.78 Å². The number of Topliss-reactive ketones (excluding diaryl/α,β-unsaturated/α-hetero) is 1. The molecule has 2 heterocycles. The van der Waals surface area contributed by atoms with Crippen molar-refractivity contribution in [3.05, 3.63) is 47.3 Å². The third kappa shape index (κ3) is 4.80. The third-order valence-electron chi connectivity index (χ3n) is 4.28. The zero-order valence-corrected chi connectivity index (χ0v) is 16.2. The Hall–Kier alpha value is -2.54. The predicted molar refractivity (Wildman–Crippen MR) is 106 cm³/mol. The highest BCUT2D eigenvalue weighted by Crippen LogP contribution is 2.39. The average molecular weight is 379 g/mol. The van der Waals surface area contributed by atoms with Gasteiger partial charge in [-0.3, -0.25) is 9.79 Å². The van der Waals surface area contributed by atoms with Crippen LogP contribution in [0.3, 0.4) is 0 Å². The minimum Gasteiger partial charge on any atom is -0.309 e. The maximum Gasteiger partial charge on any atom is 0.232 e. The number of benzene rings is 1. The van der Waals surface area contributed by atoms with E-state index in [1.165, 1.54) is 17.3 Å². The fourth-order valence-corrected chi connectivity index (χ4v) is 3.54. The molecule has 1 saturated carbocycles. The largest absolute Gasteiger partial charge is 0.309 e. The highest BCUT2D eigenvalue weighted by atomic mass is 32.2. The number of hydrogen-bond acceptors (Lipinski definition) is 7. The predicted octanol–water partition coefficient (Wildman–Crippen LogP) is 3.80. The van der Waals surface area contributed by atoms with E-state index >= 15 is 0 Å². The fourth-order valence-electron chi connectivity index (χ4n) is 2.79. The number of carbonyl (C=O) groups is 1. The van der Waals surface area contributed by atoms with Gasteiger partial charge in [-0.15, -0.1) is 0 Å². The van der Waals surface area contributed by atoms with Crippen molar-refractivity contribution in [2.45, 2.75) is 49.1 Å². The molecule has 0 saturated heterocycles. The molecule has 2 aromatic rings. The van der Waals surface area contributed by atoms with Crippen molar-refractivity contribution < 1.29 is 4.79 Å². The summed E-state index contributed by atoms with van der Waals surface area (Å²) >= 11 is 1.50. The molecular weight excluding hydrogens is 358 g/mol. The number of hydrogen-bond donors (Lipinski definition) is 1. The summed E-state index contributed by atoms with van der Waals surface area (Å²) in [6, 6.07) is 7.97. The van der Waals surface area contributed by atoms with Crippen LogP contribution in [0, 0.1) is 0 Å². The summed E-state index contributed by atoms with van der Waals surface area (Å²) in [5.74, 6) is 2.80. The van der Waals surface area contributed by atoms with Crippen molar-refractivity contribution in [2.24, 2.45) is 4.99 Å². The number of carbonyl (C=O) groups excluding carboxylic acids is 1. The molecule has 1 aromatic carbocycles. The first kappa shape index (κ1) is 17.9. The van der Waals surface area contributed by atoms with E-state index < -0.39 is 0 Å². The van der Waals surface area contributed by atoms with Gasteiger partial charge in [0.1, 0.15) is 17.4 Å². The number of nitrogens with zero attached hydrogens (tertiary/aromatic N) is 4. The van der Waals surface area contributed by atoms with E-state index in [1.54, 1.807) is 6.92 Å². The maximum atomic E-state index is 11.2. The van der Waals surface area contributed by atoms with Crippen LogP contribution in [0.4, 0.5) is 5.95 Å². The van der Waals surface area contributed by atoms with Crippen molar-refractivity contribution in [1.82, 2.24) is 15.0 Å². The number of nitrogens with one attached hydrogen (secondary N) is 1. The van der Waals surface area contributed by atoms with Gasteiger partial charge in [0, 0.05) is 17.2 Å². The maximum absolute atomic E-state index is 11.2. The molecule has 2 aliphatic rings. The standard InChI is InChI=1S/C20H21N5OS/c1-12-9-17(21-11-12)22-19-23-18(15-5-6-15)24-20(25-19)27-16-7-3-14(4-8-16)10-13(2)26/h3-4,7-9,15H,5-6,10-11H2,1-2H3,(H,21,22,23,24,25). The molecule has 0 spiro atoms. The molecule has 1 fully saturated rings. The van der Waals surface area contributed by atoms with E-state index in [2.05, 4.69) is 32.2 Å². The molecule has 0 amide bonds. The molecule has 138 valence electrons. The lowest BCUT2D eigenvalue weighted by molar-refractivity contribution is -0.116. The van der Waals surface area contributed by atoms with Crippen LogP contribution in [0.2, 0.25) is 0 Å². The van der Waals surface area contributed by atoms with Gasteiger partial charge >= 0.3 is 0 Å². The van der Waals surface area contributed by atoms with Gasteiger partial charge in [-0.25, -0.2) is 4.98 Å². The Balaban J connectivity index is 1.53. The van der Waals surface area contributed by atoms with Crippen LogP contribution in [-0.2, 0) is 11.2 Å². The normalized spacial score (nSPS) is 16.1. The zero-order valence-electron chi connectivity index (χ0n) is 15.4. The van der Waals surface area contributed by atoms with Crippen LogP contribution in [-0.4, -0.2) is 33.1 Å². The second kappa shape index (κ2) is 7.60. The Bertz CT molecular complexity index is 932. The van der Waals surface area contributed by atoms with Crippen molar-refractivity contribution in [2.75, 3.05) is 11.9 Å². The van der Waals surface area contributed by atoms with Gasteiger partial charge in [-0.1, -0.05) is 12.1 Å². The van der Waals surface area contributed by atoms with Gasteiger partial charge < -0.3 is 5.32 Å². The molecule has 0 radical (unpaired) electrons. The Morgan fingerprint density at radius 2 is 1.96 bits per heavy atom. The zero-order chi connectivity index (χ0) is 18.8. The SMILES string of the molecule is CC(=O)Cc1ccc(Sc2nc(NC3=NCC(C)=C3)nc(C3CC3)n2)cc1. The lowest BCUT2D eigenvalue weighted by Gasteiger charge is -2.08.